The van der Waals surface area contributed by atoms with Crippen LogP contribution in [0, 0.1) is 0 Å². The average molecular weight is 156 g/mol. The molecule has 0 amide bonds. The molecule has 0 nitrogen and oxygen atoms in total. The van der Waals surface area contributed by atoms with Gasteiger partial charge in [-0.1, -0.05) is 30.3 Å². The molecule has 0 aliphatic rings. The third-order valence-corrected chi connectivity index (χ3v) is 3.08. The van der Waals surface area contributed by atoms with Gasteiger partial charge in [0.15, 0.2) is 17.4 Å². The normalized spacial score (nSPS) is 7.67. The van der Waals surface area contributed by atoms with Crippen molar-refractivity contribution in [1.29, 1.82) is 0 Å². The molecule has 0 bridgehead atoms. The zero-order valence-electron chi connectivity index (χ0n) is 5.82. The summed E-state index contributed by atoms with van der Waals surface area (Å²) in [6.45, 7) is 5.95. The molecule has 0 aromatic carbocycles. The lowest BCUT2D eigenvalue weighted by atomic mass is 10.4. The van der Waals surface area contributed by atoms with Crippen molar-refractivity contribution in [2.24, 2.45) is 0 Å². The van der Waals surface area contributed by atoms with Gasteiger partial charge in [-0.3, -0.25) is 0 Å². The van der Waals surface area contributed by atoms with Crippen LogP contribution in [0.1, 0.15) is 19.8 Å². The highest BCUT2D eigenvalue weighted by atomic mass is 27.1. The molecule has 0 saturated heterocycles. The molecule has 0 radical (unpaired) electrons. The molecule has 9 heavy (non-hydrogen) atoms. The molecular formula is C7H18Al2. The van der Waals surface area contributed by atoms with E-state index in [1.165, 1.54) is 23.4 Å². The van der Waals surface area contributed by atoms with E-state index in [-0.39, 0.29) is 32.6 Å². The molecule has 0 fully saturated rings. The predicted molar refractivity (Wildman–Crippen MR) is 51.8 cm³/mol. The predicted octanol–water partition coefficient (Wildman–Crippen LogP) is 1.06. The number of unbranched alkanes of at least 4 members (excludes halogenated alkanes) is 1. The van der Waals surface area contributed by atoms with Crippen LogP contribution in [-0.2, 0) is 0 Å². The number of hydrogen-bond donors (Lipinski definition) is 0. The third-order valence-electron chi connectivity index (χ3n) is 1.26. The number of rotatable bonds is 5. The summed E-state index contributed by atoms with van der Waals surface area (Å²) < 4.78 is 0. The fourth-order valence-corrected chi connectivity index (χ4v) is 2.15. The number of allylic oxidation sites excluding steroid dienone is 1. The Morgan fingerprint density at radius 3 is 2.67 bits per heavy atom. The second-order valence-corrected chi connectivity index (χ2v) is 4.13. The molecule has 0 heterocycles. The van der Waals surface area contributed by atoms with Crippen LogP contribution >= 0.6 is 0 Å². The van der Waals surface area contributed by atoms with E-state index in [0.29, 0.717) is 0 Å². The first kappa shape index (κ1) is 12.5. The van der Waals surface area contributed by atoms with Gasteiger partial charge >= 0.3 is 0 Å². The van der Waals surface area contributed by atoms with Crippen molar-refractivity contribution in [1.82, 2.24) is 0 Å². The summed E-state index contributed by atoms with van der Waals surface area (Å²) in [4.78, 5) is 0. The molecule has 52 valence electrons. The first-order valence-corrected chi connectivity index (χ1v) is 5.52. The molecule has 0 aromatic heterocycles. The van der Waals surface area contributed by atoms with E-state index in [1.807, 2.05) is 0 Å². The van der Waals surface area contributed by atoms with Crippen LogP contribution in [0.3, 0.4) is 0 Å². The summed E-state index contributed by atoms with van der Waals surface area (Å²) in [6.07, 6.45) is 4.87. The van der Waals surface area contributed by atoms with Crippen molar-refractivity contribution in [3.05, 3.63) is 12.7 Å². The van der Waals surface area contributed by atoms with Gasteiger partial charge in [-0.2, -0.15) is 0 Å². The van der Waals surface area contributed by atoms with Crippen LogP contribution in [0.4, 0.5) is 0 Å². The third kappa shape index (κ3) is 12.1. The summed E-state index contributed by atoms with van der Waals surface area (Å²) in [5, 5.41) is 2.85. The smallest absolute Gasteiger partial charge is 0.105 e. The Kier molecular flexibility index (Phi) is 16.1. The van der Waals surface area contributed by atoms with Crippen molar-refractivity contribution < 1.29 is 0 Å². The van der Waals surface area contributed by atoms with E-state index in [1.54, 1.807) is 0 Å². The molecular weight excluding hydrogens is 138 g/mol. The van der Waals surface area contributed by atoms with Crippen molar-refractivity contribution >= 4 is 32.6 Å². The van der Waals surface area contributed by atoms with Gasteiger partial charge in [-0.15, -0.1) is 12.7 Å². The zero-order chi connectivity index (χ0) is 6.24. The average Bonchev–Trinajstić information content (AvgIpc) is 1.81. The Hall–Kier alpha value is 0.805. The second-order valence-electron chi connectivity index (χ2n) is 2.14. The first-order valence-electron chi connectivity index (χ1n) is 3.52. The van der Waals surface area contributed by atoms with Crippen molar-refractivity contribution in [2.75, 3.05) is 0 Å². The van der Waals surface area contributed by atoms with Crippen LogP contribution in [0.25, 0.3) is 0 Å². The quantitative estimate of drug-likeness (QED) is 0.317. The largest absolute Gasteiger partial charge is 0.241 e. The molecule has 2 heteroatoms. The van der Waals surface area contributed by atoms with Crippen LogP contribution in [-0.4, -0.2) is 32.6 Å². The lowest BCUT2D eigenvalue weighted by Crippen LogP contribution is -1.84. The van der Waals surface area contributed by atoms with Gasteiger partial charge in [0.05, 0.1) is 0 Å². The van der Waals surface area contributed by atoms with Gasteiger partial charge in [0.2, 0.25) is 15.2 Å². The Morgan fingerprint density at radius 1 is 1.56 bits per heavy atom. The summed E-state index contributed by atoms with van der Waals surface area (Å²) in [6, 6.07) is 0. The highest BCUT2D eigenvalue weighted by Gasteiger charge is 1.86. The maximum Gasteiger partial charge on any atom is 0.241 e. The summed E-state index contributed by atoms with van der Waals surface area (Å²) in [5.41, 5.74) is 0. The zero-order valence-corrected chi connectivity index (χ0v) is 7.23. The molecule has 0 N–H and O–H groups in total. The summed E-state index contributed by atoms with van der Waals surface area (Å²) in [5.74, 6) is 0. The molecule has 0 rings (SSSR count). The molecule has 0 unspecified atom stereocenters. The van der Waals surface area contributed by atoms with E-state index < -0.39 is 0 Å². The van der Waals surface area contributed by atoms with Crippen LogP contribution < -0.4 is 0 Å². The van der Waals surface area contributed by atoms with Gasteiger partial charge < -0.3 is 0 Å². The number of hydrogen-bond acceptors (Lipinski definition) is 0. The van der Waals surface area contributed by atoms with Gasteiger partial charge in [0, 0.05) is 0 Å². The maximum absolute atomic E-state index is 3.69. The monoisotopic (exact) mass is 156 g/mol. The summed E-state index contributed by atoms with van der Waals surface area (Å²) >= 11 is 0.282. The fourth-order valence-electron chi connectivity index (χ4n) is 0.715. The SMILES string of the molecule is C=C[CH2][AlH][CH2]CCC.[AlH3]. The van der Waals surface area contributed by atoms with Gasteiger partial charge in [0.1, 0.15) is 0 Å². The molecule has 0 saturated carbocycles. The van der Waals surface area contributed by atoms with Crippen molar-refractivity contribution in [3.63, 3.8) is 0 Å². The topological polar surface area (TPSA) is 0 Å². The van der Waals surface area contributed by atoms with Crippen molar-refractivity contribution in [2.45, 2.75) is 30.3 Å². The van der Waals surface area contributed by atoms with Gasteiger partial charge in [-0.05, 0) is 0 Å². The minimum Gasteiger partial charge on any atom is -0.105 e. The Bertz CT molecular complexity index is 52.9. The highest BCUT2D eigenvalue weighted by Crippen LogP contribution is 1.95. The molecule has 0 aliphatic carbocycles. The standard InChI is InChI=1S/C4H9.C3H5.2Al.4H/c1-3-4-2;1-3-2;;;;;;/h1,3-4H2,2H3;3H,1-2H2;;;;;;. The fraction of sp³-hybridized carbons (Fsp3) is 0.714. The minimum absolute atomic E-state index is 0. The van der Waals surface area contributed by atoms with E-state index in [4.69, 9.17) is 0 Å². The van der Waals surface area contributed by atoms with E-state index in [2.05, 4.69) is 19.6 Å². The van der Waals surface area contributed by atoms with Gasteiger partial charge in [0.25, 0.3) is 0 Å². The van der Waals surface area contributed by atoms with E-state index in [0.717, 1.165) is 0 Å². The second kappa shape index (κ2) is 11.6. The minimum atomic E-state index is 0. The molecule has 0 aromatic rings. The summed E-state index contributed by atoms with van der Waals surface area (Å²) in [7, 11) is 0. The first-order chi connectivity index (χ1) is 3.91. The highest BCUT2D eigenvalue weighted by molar-refractivity contribution is 6.35. The molecule has 0 spiro atoms. The van der Waals surface area contributed by atoms with E-state index in [9.17, 15) is 0 Å². The maximum atomic E-state index is 3.69. The van der Waals surface area contributed by atoms with Crippen LogP contribution in [0.2, 0.25) is 10.6 Å². The van der Waals surface area contributed by atoms with Crippen molar-refractivity contribution in [3.8, 4) is 0 Å². The lowest BCUT2D eigenvalue weighted by molar-refractivity contribution is 0.879. The van der Waals surface area contributed by atoms with E-state index >= 15 is 0 Å². The Morgan fingerprint density at radius 2 is 2.22 bits per heavy atom. The Balaban J connectivity index is 0. The molecule has 0 atom stereocenters. The Labute approximate surface area is 75.6 Å². The van der Waals surface area contributed by atoms with Crippen LogP contribution in [0.5, 0.6) is 0 Å². The van der Waals surface area contributed by atoms with Gasteiger partial charge in [-0.25, -0.2) is 0 Å². The van der Waals surface area contributed by atoms with Crippen LogP contribution in [0.15, 0.2) is 12.7 Å². The molecule has 0 aliphatic heterocycles. The lowest BCUT2D eigenvalue weighted by Gasteiger charge is -1.88.